The molecular formula is C18H18F2N2O5S. The molecule has 7 nitrogen and oxygen atoms in total. The first-order valence-electron chi connectivity index (χ1n) is 8.14. The summed E-state index contributed by atoms with van der Waals surface area (Å²) in [5, 5.41) is 2.17. The van der Waals surface area contributed by atoms with Gasteiger partial charge in [-0.05, 0) is 43.3 Å². The summed E-state index contributed by atoms with van der Waals surface area (Å²) in [4.78, 5) is 23.5. The lowest BCUT2D eigenvalue weighted by Crippen LogP contribution is -2.21. The molecule has 10 heteroatoms. The number of sulfonamides is 1. The largest absolute Gasteiger partial charge is 0.456 e. The van der Waals surface area contributed by atoms with E-state index in [4.69, 9.17) is 4.74 Å². The first-order valence-corrected chi connectivity index (χ1v) is 9.62. The van der Waals surface area contributed by atoms with E-state index in [0.717, 1.165) is 12.1 Å². The third-order valence-electron chi connectivity index (χ3n) is 3.69. The van der Waals surface area contributed by atoms with Crippen molar-refractivity contribution in [1.29, 1.82) is 0 Å². The molecule has 0 heterocycles. The van der Waals surface area contributed by atoms with Gasteiger partial charge in [-0.2, -0.15) is 0 Å². The fourth-order valence-corrected chi connectivity index (χ4v) is 2.92. The Morgan fingerprint density at radius 2 is 1.75 bits per heavy atom. The number of aryl methyl sites for hydroxylation is 1. The summed E-state index contributed by atoms with van der Waals surface area (Å²) in [6, 6.07) is 8.63. The number of benzene rings is 2. The number of hydrogen-bond acceptors (Lipinski definition) is 5. The van der Waals surface area contributed by atoms with E-state index in [1.165, 1.54) is 19.2 Å². The van der Waals surface area contributed by atoms with E-state index >= 15 is 0 Å². The Morgan fingerprint density at radius 1 is 1.07 bits per heavy atom. The molecule has 0 aliphatic heterocycles. The molecule has 0 aromatic heterocycles. The van der Waals surface area contributed by atoms with Crippen LogP contribution in [0.15, 0.2) is 47.4 Å². The van der Waals surface area contributed by atoms with Crippen molar-refractivity contribution in [2.24, 2.45) is 0 Å². The Bertz CT molecular complexity index is 962. The van der Waals surface area contributed by atoms with Crippen molar-refractivity contribution in [2.45, 2.75) is 17.7 Å². The average Bonchev–Trinajstić information content (AvgIpc) is 2.67. The number of nitrogens with one attached hydrogen (secondary N) is 2. The molecule has 0 fully saturated rings. The van der Waals surface area contributed by atoms with Gasteiger partial charge in [-0.1, -0.05) is 12.1 Å². The minimum Gasteiger partial charge on any atom is -0.456 e. The second kappa shape index (κ2) is 9.38. The summed E-state index contributed by atoms with van der Waals surface area (Å²) < 4.78 is 56.5. The maximum absolute atomic E-state index is 13.4. The molecule has 28 heavy (non-hydrogen) atoms. The second-order valence-electron chi connectivity index (χ2n) is 5.68. The molecule has 1 amide bonds. The average molecular weight is 412 g/mol. The minimum atomic E-state index is -3.53. The van der Waals surface area contributed by atoms with Crippen LogP contribution in [0.25, 0.3) is 0 Å². The van der Waals surface area contributed by atoms with Gasteiger partial charge in [0.05, 0.1) is 10.6 Å². The van der Waals surface area contributed by atoms with Crippen molar-refractivity contribution in [3.63, 3.8) is 0 Å². The van der Waals surface area contributed by atoms with E-state index in [-0.39, 0.29) is 23.4 Å². The zero-order valence-electron chi connectivity index (χ0n) is 14.9. The quantitative estimate of drug-likeness (QED) is 0.646. The number of amides is 1. The third kappa shape index (κ3) is 6.10. The summed E-state index contributed by atoms with van der Waals surface area (Å²) in [5.41, 5.74) is 0.490. The topological polar surface area (TPSA) is 102 Å². The zero-order valence-corrected chi connectivity index (χ0v) is 15.7. The van der Waals surface area contributed by atoms with Crippen molar-refractivity contribution >= 4 is 27.6 Å². The molecule has 0 aliphatic rings. The Hall–Kier alpha value is -2.85. The number of halogens is 2. The van der Waals surface area contributed by atoms with Crippen molar-refractivity contribution in [1.82, 2.24) is 4.72 Å². The van der Waals surface area contributed by atoms with Gasteiger partial charge in [-0.3, -0.25) is 9.59 Å². The maximum atomic E-state index is 13.4. The highest BCUT2D eigenvalue weighted by atomic mass is 32.2. The van der Waals surface area contributed by atoms with Gasteiger partial charge in [-0.25, -0.2) is 21.9 Å². The van der Waals surface area contributed by atoms with E-state index in [1.54, 1.807) is 12.1 Å². The molecule has 0 saturated carbocycles. The molecule has 0 saturated heterocycles. The van der Waals surface area contributed by atoms with E-state index in [0.29, 0.717) is 11.6 Å². The van der Waals surface area contributed by atoms with Crippen LogP contribution in [0.5, 0.6) is 0 Å². The summed E-state index contributed by atoms with van der Waals surface area (Å²) in [5.74, 6) is -3.14. The normalized spacial score (nSPS) is 11.1. The van der Waals surface area contributed by atoms with Gasteiger partial charge in [0.2, 0.25) is 10.0 Å². The van der Waals surface area contributed by atoms with Gasteiger partial charge < -0.3 is 10.1 Å². The Labute approximate surface area is 160 Å². The smallest absolute Gasteiger partial charge is 0.306 e. The zero-order chi connectivity index (χ0) is 20.7. The van der Waals surface area contributed by atoms with Gasteiger partial charge in [0.1, 0.15) is 11.6 Å². The van der Waals surface area contributed by atoms with Crippen molar-refractivity contribution < 1.29 is 31.5 Å². The number of anilines is 1. The standard InChI is InChI=1S/C18H18F2N2O5S/c1-21-28(25,26)14-6-2-12(3-7-14)4-9-18(24)27-11-17(23)22-16-8-5-13(19)10-15(16)20/h2-3,5-8,10,21H,4,9,11H2,1H3,(H,22,23). The Balaban J connectivity index is 1.78. The van der Waals surface area contributed by atoms with Gasteiger partial charge in [0.25, 0.3) is 5.91 Å². The van der Waals surface area contributed by atoms with Crippen LogP contribution in [-0.4, -0.2) is 33.9 Å². The fourth-order valence-electron chi connectivity index (χ4n) is 2.19. The van der Waals surface area contributed by atoms with Crippen LogP contribution < -0.4 is 10.0 Å². The van der Waals surface area contributed by atoms with Gasteiger partial charge in [0, 0.05) is 12.5 Å². The highest BCUT2D eigenvalue weighted by Crippen LogP contribution is 2.15. The summed E-state index contributed by atoms with van der Waals surface area (Å²) in [7, 11) is -2.22. The molecule has 0 aliphatic carbocycles. The Morgan fingerprint density at radius 3 is 2.36 bits per heavy atom. The maximum Gasteiger partial charge on any atom is 0.306 e. The van der Waals surface area contributed by atoms with E-state index in [2.05, 4.69) is 10.0 Å². The fraction of sp³-hybridized carbons (Fsp3) is 0.222. The molecule has 0 unspecified atom stereocenters. The SMILES string of the molecule is CNS(=O)(=O)c1ccc(CCC(=O)OCC(=O)Nc2ccc(F)cc2F)cc1. The lowest BCUT2D eigenvalue weighted by Gasteiger charge is -2.08. The molecule has 150 valence electrons. The van der Waals surface area contributed by atoms with Crippen LogP contribution in [0.4, 0.5) is 14.5 Å². The molecule has 0 bridgehead atoms. The highest BCUT2D eigenvalue weighted by molar-refractivity contribution is 7.89. The monoisotopic (exact) mass is 412 g/mol. The number of hydrogen-bond donors (Lipinski definition) is 2. The summed E-state index contributed by atoms with van der Waals surface area (Å²) >= 11 is 0. The Kier molecular flexibility index (Phi) is 7.18. The second-order valence-corrected chi connectivity index (χ2v) is 7.57. The lowest BCUT2D eigenvalue weighted by atomic mass is 10.1. The van der Waals surface area contributed by atoms with Crippen LogP contribution in [0.3, 0.4) is 0 Å². The molecule has 0 spiro atoms. The van der Waals surface area contributed by atoms with Crippen molar-refractivity contribution in [2.75, 3.05) is 19.0 Å². The molecule has 2 aromatic carbocycles. The van der Waals surface area contributed by atoms with Crippen LogP contribution in [0.1, 0.15) is 12.0 Å². The lowest BCUT2D eigenvalue weighted by molar-refractivity contribution is -0.147. The third-order valence-corrected chi connectivity index (χ3v) is 5.12. The van der Waals surface area contributed by atoms with E-state index in [9.17, 15) is 26.8 Å². The predicted molar refractivity (Wildman–Crippen MR) is 97.0 cm³/mol. The molecular weight excluding hydrogens is 394 g/mol. The van der Waals surface area contributed by atoms with Crippen LogP contribution >= 0.6 is 0 Å². The highest BCUT2D eigenvalue weighted by Gasteiger charge is 2.13. The van der Waals surface area contributed by atoms with Crippen LogP contribution in [0, 0.1) is 11.6 Å². The van der Waals surface area contributed by atoms with Gasteiger partial charge in [-0.15, -0.1) is 0 Å². The van der Waals surface area contributed by atoms with Gasteiger partial charge >= 0.3 is 5.97 Å². The van der Waals surface area contributed by atoms with Crippen molar-refractivity contribution in [3.05, 3.63) is 59.7 Å². The predicted octanol–water partition coefficient (Wildman–Crippen LogP) is 1.99. The number of ether oxygens (including phenoxy) is 1. The molecule has 2 aromatic rings. The van der Waals surface area contributed by atoms with E-state index < -0.39 is 40.1 Å². The first kappa shape index (κ1) is 21.5. The van der Waals surface area contributed by atoms with Crippen LogP contribution in [-0.2, 0) is 30.8 Å². The summed E-state index contributed by atoms with van der Waals surface area (Å²) in [6.45, 7) is -0.616. The minimum absolute atomic E-state index is 0.0314. The number of rotatable bonds is 8. The summed E-state index contributed by atoms with van der Waals surface area (Å²) in [6.07, 6.45) is 0.253. The van der Waals surface area contributed by atoms with E-state index in [1.807, 2.05) is 0 Å². The number of carbonyl (C=O) groups is 2. The molecule has 0 radical (unpaired) electrons. The number of esters is 1. The molecule has 2 rings (SSSR count). The van der Waals surface area contributed by atoms with Crippen molar-refractivity contribution in [3.8, 4) is 0 Å². The number of carbonyl (C=O) groups excluding carboxylic acids is 2. The molecule has 2 N–H and O–H groups in total. The molecule has 0 atom stereocenters. The van der Waals surface area contributed by atoms with Crippen LogP contribution in [0.2, 0.25) is 0 Å². The van der Waals surface area contributed by atoms with Gasteiger partial charge in [0.15, 0.2) is 6.61 Å². The first-order chi connectivity index (χ1) is 13.2.